The van der Waals surface area contributed by atoms with E-state index in [0.717, 1.165) is 71.1 Å². The standard InChI is InChI=1S/C58H55N2/c1-4-36-60-37-14-22-46-35-34-45(57(59)58(46)60)29-28-40(3)47-18-11-20-49(38-47)51-23-6-8-25-54(51)55-26-9-7-24-52(55)50-21-12-19-48(39-50)42-16-13-27-53-43(31-30-42)32-33-44-17-10-15-41(5-2)56(44)53/h6-12,14,17-26,28-35,37-39,41-42H,3-5,13,15-16,27,36,59H2,1-2H3/q+1/b29-28-,31-30-. The van der Waals surface area contributed by atoms with Crippen molar-refractivity contribution in [2.24, 2.45) is 0 Å². The highest BCUT2D eigenvalue weighted by molar-refractivity contribution is 5.94. The second kappa shape index (κ2) is 17.4. The highest BCUT2D eigenvalue weighted by Gasteiger charge is 2.23. The van der Waals surface area contributed by atoms with E-state index in [0.29, 0.717) is 11.8 Å². The summed E-state index contributed by atoms with van der Waals surface area (Å²) < 4.78 is 2.26. The predicted molar refractivity (Wildman–Crippen MR) is 258 cm³/mol. The van der Waals surface area contributed by atoms with Gasteiger partial charge in [-0.3, -0.25) is 0 Å². The molecule has 1 aromatic heterocycles. The van der Waals surface area contributed by atoms with E-state index in [1.54, 1.807) is 11.1 Å². The van der Waals surface area contributed by atoms with Crippen LogP contribution in [0, 0.1) is 0 Å². The number of allylic oxidation sites excluding steroid dienone is 4. The van der Waals surface area contributed by atoms with Crippen molar-refractivity contribution in [2.75, 3.05) is 5.73 Å². The molecule has 0 saturated heterocycles. The number of fused-ring (bicyclic) bond motifs is 4. The molecule has 6 aromatic carbocycles. The molecule has 2 N–H and O–H groups in total. The fourth-order valence-electron chi connectivity index (χ4n) is 9.75. The Balaban J connectivity index is 1.00. The van der Waals surface area contributed by atoms with Crippen LogP contribution in [0.1, 0.15) is 96.7 Å². The van der Waals surface area contributed by atoms with Crippen molar-refractivity contribution >= 4 is 40.4 Å². The van der Waals surface area contributed by atoms with Crippen molar-refractivity contribution < 1.29 is 4.57 Å². The summed E-state index contributed by atoms with van der Waals surface area (Å²) in [7, 11) is 0. The van der Waals surface area contributed by atoms with E-state index < -0.39 is 0 Å². The molecule has 296 valence electrons. The van der Waals surface area contributed by atoms with Gasteiger partial charge >= 0.3 is 0 Å². The summed E-state index contributed by atoms with van der Waals surface area (Å²) in [6, 6.07) is 48.9. The van der Waals surface area contributed by atoms with Gasteiger partial charge in [-0.15, -0.1) is 0 Å². The average molecular weight is 780 g/mol. The van der Waals surface area contributed by atoms with E-state index in [1.165, 1.54) is 57.3 Å². The normalized spacial score (nSPS) is 16.6. The zero-order chi connectivity index (χ0) is 41.0. The van der Waals surface area contributed by atoms with Gasteiger partial charge in [0.2, 0.25) is 5.52 Å². The Labute approximate surface area is 356 Å². The summed E-state index contributed by atoms with van der Waals surface area (Å²) in [5.41, 5.74) is 26.4. The van der Waals surface area contributed by atoms with Crippen LogP contribution in [-0.4, -0.2) is 0 Å². The number of nitrogens with zero attached hydrogens (tertiary/aromatic N) is 1. The van der Waals surface area contributed by atoms with Gasteiger partial charge in [-0.1, -0.05) is 166 Å². The summed E-state index contributed by atoms with van der Waals surface area (Å²) in [4.78, 5) is 0. The summed E-state index contributed by atoms with van der Waals surface area (Å²) >= 11 is 0. The first-order valence-corrected chi connectivity index (χ1v) is 22.0. The van der Waals surface area contributed by atoms with Gasteiger partial charge in [-0.05, 0) is 129 Å². The van der Waals surface area contributed by atoms with Crippen molar-refractivity contribution in [2.45, 2.75) is 70.8 Å². The van der Waals surface area contributed by atoms with E-state index in [4.69, 9.17) is 5.73 Å². The van der Waals surface area contributed by atoms with E-state index in [2.05, 4.69) is 201 Å². The third-order valence-corrected chi connectivity index (χ3v) is 12.9. The largest absolute Gasteiger partial charge is 0.393 e. The smallest absolute Gasteiger partial charge is 0.236 e. The molecular weight excluding hydrogens is 725 g/mol. The highest BCUT2D eigenvalue weighted by Crippen LogP contribution is 2.42. The summed E-state index contributed by atoms with van der Waals surface area (Å²) in [6.07, 6.45) is 22.8. The lowest BCUT2D eigenvalue weighted by Gasteiger charge is -2.27. The molecular formula is C58H55N2+. The second-order valence-corrected chi connectivity index (χ2v) is 16.6. The van der Waals surface area contributed by atoms with E-state index in [-0.39, 0.29) is 0 Å². The van der Waals surface area contributed by atoms with Crippen LogP contribution in [0.3, 0.4) is 0 Å². The molecule has 0 fully saturated rings. The van der Waals surface area contributed by atoms with E-state index in [9.17, 15) is 0 Å². The predicted octanol–water partition coefficient (Wildman–Crippen LogP) is 14.9. The van der Waals surface area contributed by atoms with Gasteiger partial charge in [-0.2, -0.15) is 4.57 Å². The number of rotatable bonds is 10. The van der Waals surface area contributed by atoms with Crippen LogP contribution in [0.25, 0.3) is 68.1 Å². The Kier molecular flexibility index (Phi) is 11.3. The maximum Gasteiger partial charge on any atom is 0.236 e. The van der Waals surface area contributed by atoms with E-state index >= 15 is 0 Å². The lowest BCUT2D eigenvalue weighted by Crippen LogP contribution is -2.34. The summed E-state index contributed by atoms with van der Waals surface area (Å²) in [6.45, 7) is 9.97. The quantitative estimate of drug-likeness (QED) is 0.0836. The second-order valence-electron chi connectivity index (χ2n) is 16.6. The molecule has 0 amide bonds. The molecule has 7 aromatic rings. The topological polar surface area (TPSA) is 29.9 Å². The minimum absolute atomic E-state index is 0.371. The molecule has 2 heteroatoms. The average Bonchev–Trinajstić information content (AvgIpc) is 3.29. The third kappa shape index (κ3) is 7.71. The number of nitrogens with two attached hydrogens (primary N) is 1. The SMILES string of the molecule is C=C(/C=C\c1ccc2ccc[n+](CCC)c2c1N)c1cccc(-c2ccccc2-c2ccccc2-c2cccc(C3/C=C\c4ccc5c(c4CCC3)C(CC)CC=C5)c2)c1. The molecule has 2 atom stereocenters. The molecule has 2 aliphatic rings. The van der Waals surface area contributed by atoms with Gasteiger partial charge in [0, 0.05) is 29.4 Å². The maximum atomic E-state index is 6.80. The number of aromatic nitrogens is 1. The molecule has 2 nitrogen and oxygen atoms in total. The molecule has 1 heterocycles. The van der Waals surface area contributed by atoms with Gasteiger partial charge in [0.25, 0.3) is 0 Å². The number of benzene rings is 6. The van der Waals surface area contributed by atoms with Crippen molar-refractivity contribution in [1.29, 1.82) is 0 Å². The van der Waals surface area contributed by atoms with Crippen molar-refractivity contribution in [1.82, 2.24) is 0 Å². The van der Waals surface area contributed by atoms with Gasteiger partial charge in [-0.25, -0.2) is 0 Å². The molecule has 0 aliphatic heterocycles. The van der Waals surface area contributed by atoms with Crippen LogP contribution in [0.4, 0.5) is 5.69 Å². The van der Waals surface area contributed by atoms with Gasteiger partial charge in [0.05, 0.1) is 0 Å². The molecule has 0 radical (unpaired) electrons. The number of anilines is 1. The van der Waals surface area contributed by atoms with Gasteiger partial charge in [0.15, 0.2) is 6.20 Å². The lowest BCUT2D eigenvalue weighted by atomic mass is 9.78. The molecule has 9 rings (SSSR count). The number of pyridine rings is 1. The van der Waals surface area contributed by atoms with Gasteiger partial charge in [0.1, 0.15) is 12.2 Å². The van der Waals surface area contributed by atoms with Crippen LogP contribution < -0.4 is 10.3 Å². The van der Waals surface area contributed by atoms with Crippen molar-refractivity contribution in [3.05, 3.63) is 203 Å². The van der Waals surface area contributed by atoms with Crippen LogP contribution in [-0.2, 0) is 13.0 Å². The molecule has 0 bridgehead atoms. The van der Waals surface area contributed by atoms with Crippen LogP contribution >= 0.6 is 0 Å². The van der Waals surface area contributed by atoms with Crippen molar-refractivity contribution in [3.63, 3.8) is 0 Å². The third-order valence-electron chi connectivity index (χ3n) is 12.9. The Hall–Kier alpha value is -6.51. The highest BCUT2D eigenvalue weighted by atomic mass is 15.0. The zero-order valence-corrected chi connectivity index (χ0v) is 35.1. The number of hydrogen-bond donors (Lipinski definition) is 1. The Morgan fingerprint density at radius 3 is 2.25 bits per heavy atom. The monoisotopic (exact) mass is 779 g/mol. The Bertz CT molecular complexity index is 2810. The molecule has 2 aliphatic carbocycles. The minimum Gasteiger partial charge on any atom is -0.393 e. The number of aryl methyl sites for hydroxylation is 1. The lowest BCUT2D eigenvalue weighted by molar-refractivity contribution is -0.671. The number of hydrogen-bond acceptors (Lipinski definition) is 1. The molecule has 60 heavy (non-hydrogen) atoms. The van der Waals surface area contributed by atoms with Gasteiger partial charge < -0.3 is 5.73 Å². The Morgan fingerprint density at radius 1 is 0.750 bits per heavy atom. The van der Waals surface area contributed by atoms with Crippen LogP contribution in [0.5, 0.6) is 0 Å². The fourth-order valence-corrected chi connectivity index (χ4v) is 9.75. The van der Waals surface area contributed by atoms with Crippen LogP contribution in [0.2, 0.25) is 0 Å². The molecule has 0 spiro atoms. The summed E-state index contributed by atoms with van der Waals surface area (Å²) in [5, 5.41) is 1.15. The number of nitrogen functional groups attached to an aromatic ring is 1. The Morgan fingerprint density at radius 2 is 1.48 bits per heavy atom. The first-order valence-electron chi connectivity index (χ1n) is 22.0. The minimum atomic E-state index is 0.371. The van der Waals surface area contributed by atoms with E-state index in [1.807, 2.05) is 0 Å². The molecule has 0 saturated carbocycles. The maximum absolute atomic E-state index is 6.80. The first kappa shape index (κ1) is 39.0. The molecule has 2 unspecified atom stereocenters. The summed E-state index contributed by atoms with van der Waals surface area (Å²) in [5.74, 6) is 1.01. The van der Waals surface area contributed by atoms with Crippen molar-refractivity contribution in [3.8, 4) is 33.4 Å². The van der Waals surface area contributed by atoms with Crippen LogP contribution in [0.15, 0.2) is 164 Å². The fraction of sp³-hybridized carbons (Fsp3) is 0.190. The zero-order valence-electron chi connectivity index (χ0n) is 35.1. The first-order chi connectivity index (χ1) is 29.5.